The van der Waals surface area contributed by atoms with Crippen LogP contribution in [0.4, 0.5) is 0 Å². The molecule has 3 nitrogen and oxygen atoms in total. The van der Waals surface area contributed by atoms with Crippen LogP contribution in [0.25, 0.3) is 0 Å². The van der Waals surface area contributed by atoms with Gasteiger partial charge in [-0.25, -0.2) is 0 Å². The first-order valence-electron chi connectivity index (χ1n) is 7.23. The Balaban J connectivity index is 1.48. The lowest BCUT2D eigenvalue weighted by atomic mass is 10.0. The fourth-order valence-electron chi connectivity index (χ4n) is 4.28. The Kier molecular flexibility index (Phi) is 2.89. The number of rotatable bonds is 5. The Labute approximate surface area is 104 Å². The third kappa shape index (κ3) is 1.88. The molecule has 96 valence electrons. The van der Waals surface area contributed by atoms with E-state index < -0.39 is 0 Å². The highest BCUT2D eigenvalue weighted by atomic mass is 16.2. The maximum Gasteiger partial charge on any atom is 0.224 e. The second kappa shape index (κ2) is 4.27. The van der Waals surface area contributed by atoms with Crippen LogP contribution in [0.2, 0.25) is 0 Å². The molecule has 0 aromatic rings. The van der Waals surface area contributed by atoms with Crippen molar-refractivity contribution in [2.45, 2.75) is 39.2 Å². The SMILES string of the molecule is CCNCC(C)C(=O)NC1C2C3CCC(C3)C12. The van der Waals surface area contributed by atoms with Crippen LogP contribution in [-0.2, 0) is 4.79 Å². The summed E-state index contributed by atoms with van der Waals surface area (Å²) in [4.78, 5) is 12.0. The van der Waals surface area contributed by atoms with Crippen molar-refractivity contribution in [3.63, 3.8) is 0 Å². The molecule has 3 heteroatoms. The van der Waals surface area contributed by atoms with Gasteiger partial charge in [0.1, 0.15) is 0 Å². The smallest absolute Gasteiger partial charge is 0.224 e. The zero-order valence-corrected chi connectivity index (χ0v) is 10.9. The van der Waals surface area contributed by atoms with Crippen LogP contribution in [0.3, 0.4) is 0 Å². The van der Waals surface area contributed by atoms with E-state index in [1.165, 1.54) is 19.3 Å². The zero-order chi connectivity index (χ0) is 12.0. The standard InChI is InChI=1S/C14H24N2O/c1-3-15-7-8(2)14(17)16-13-11-9-4-5-10(6-9)12(11)13/h8-13,15H,3-7H2,1-2H3,(H,16,17). The van der Waals surface area contributed by atoms with E-state index in [0.717, 1.165) is 36.8 Å². The molecule has 3 aliphatic rings. The second-order valence-corrected chi connectivity index (χ2v) is 6.23. The van der Waals surface area contributed by atoms with Crippen molar-refractivity contribution in [1.29, 1.82) is 0 Å². The van der Waals surface area contributed by atoms with E-state index in [1.54, 1.807) is 0 Å². The summed E-state index contributed by atoms with van der Waals surface area (Å²) in [5.74, 6) is 3.95. The lowest BCUT2D eigenvalue weighted by molar-refractivity contribution is -0.124. The topological polar surface area (TPSA) is 41.1 Å². The van der Waals surface area contributed by atoms with Crippen molar-refractivity contribution in [3.8, 4) is 0 Å². The quantitative estimate of drug-likeness (QED) is 0.757. The summed E-state index contributed by atoms with van der Waals surface area (Å²) in [6, 6.07) is 0.540. The van der Waals surface area contributed by atoms with E-state index in [4.69, 9.17) is 0 Å². The van der Waals surface area contributed by atoms with Gasteiger partial charge >= 0.3 is 0 Å². The van der Waals surface area contributed by atoms with Gasteiger partial charge in [0.25, 0.3) is 0 Å². The van der Waals surface area contributed by atoms with Gasteiger partial charge in [0.2, 0.25) is 5.91 Å². The van der Waals surface area contributed by atoms with E-state index in [-0.39, 0.29) is 11.8 Å². The van der Waals surface area contributed by atoms with E-state index >= 15 is 0 Å². The number of hydrogen-bond acceptors (Lipinski definition) is 2. The van der Waals surface area contributed by atoms with Gasteiger partial charge in [-0.05, 0) is 49.5 Å². The number of hydrogen-bond donors (Lipinski definition) is 2. The Hall–Kier alpha value is -0.570. The number of amides is 1. The minimum absolute atomic E-state index is 0.105. The first kappa shape index (κ1) is 11.5. The van der Waals surface area contributed by atoms with Crippen molar-refractivity contribution < 1.29 is 4.79 Å². The molecule has 0 aromatic heterocycles. The summed E-state index contributed by atoms with van der Waals surface area (Å²) in [7, 11) is 0. The van der Waals surface area contributed by atoms with Crippen LogP contribution in [0.15, 0.2) is 0 Å². The highest BCUT2D eigenvalue weighted by molar-refractivity contribution is 5.79. The van der Waals surface area contributed by atoms with Gasteiger partial charge in [-0.1, -0.05) is 13.8 Å². The molecule has 3 fully saturated rings. The van der Waals surface area contributed by atoms with Gasteiger partial charge in [0, 0.05) is 18.5 Å². The molecule has 0 radical (unpaired) electrons. The van der Waals surface area contributed by atoms with Gasteiger partial charge in [-0.15, -0.1) is 0 Å². The van der Waals surface area contributed by atoms with E-state index in [1.807, 2.05) is 6.92 Å². The molecule has 2 N–H and O–H groups in total. The summed E-state index contributed by atoms with van der Waals surface area (Å²) in [6.45, 7) is 5.84. The lowest BCUT2D eigenvalue weighted by Crippen LogP contribution is -2.38. The van der Waals surface area contributed by atoms with Crippen LogP contribution < -0.4 is 10.6 Å². The maximum absolute atomic E-state index is 12.0. The fourth-order valence-corrected chi connectivity index (χ4v) is 4.28. The highest BCUT2D eigenvalue weighted by Crippen LogP contribution is 2.65. The molecule has 17 heavy (non-hydrogen) atoms. The van der Waals surface area contributed by atoms with Crippen molar-refractivity contribution in [2.24, 2.45) is 29.6 Å². The van der Waals surface area contributed by atoms with Crippen molar-refractivity contribution in [2.75, 3.05) is 13.1 Å². The lowest BCUT2D eigenvalue weighted by Gasteiger charge is -2.15. The summed E-state index contributed by atoms with van der Waals surface area (Å²) >= 11 is 0. The van der Waals surface area contributed by atoms with Crippen molar-refractivity contribution >= 4 is 5.91 Å². The summed E-state index contributed by atoms with van der Waals surface area (Å²) in [6.07, 6.45) is 4.30. The summed E-state index contributed by atoms with van der Waals surface area (Å²) in [5.41, 5.74) is 0. The molecule has 0 saturated heterocycles. The minimum atomic E-state index is 0.105. The third-order valence-corrected chi connectivity index (χ3v) is 5.19. The predicted molar refractivity (Wildman–Crippen MR) is 67.4 cm³/mol. The second-order valence-electron chi connectivity index (χ2n) is 6.23. The molecule has 0 aromatic carbocycles. The number of fused-ring (bicyclic) bond motifs is 5. The fraction of sp³-hybridized carbons (Fsp3) is 0.929. The average molecular weight is 236 g/mol. The molecule has 0 heterocycles. The van der Waals surface area contributed by atoms with Crippen molar-refractivity contribution in [3.05, 3.63) is 0 Å². The minimum Gasteiger partial charge on any atom is -0.352 e. The Bertz CT molecular complexity index is 301. The number of carbonyl (C=O) groups is 1. The number of carbonyl (C=O) groups excluding carboxylic acids is 1. The van der Waals surface area contributed by atoms with Gasteiger partial charge in [-0.2, -0.15) is 0 Å². The molecular formula is C14H24N2O. The van der Waals surface area contributed by atoms with Gasteiger partial charge < -0.3 is 10.6 Å². The molecule has 1 amide bonds. The van der Waals surface area contributed by atoms with Crippen LogP contribution >= 0.6 is 0 Å². The molecule has 0 spiro atoms. The monoisotopic (exact) mass is 236 g/mol. The predicted octanol–water partition coefficient (Wildman–Crippen LogP) is 1.39. The van der Waals surface area contributed by atoms with Gasteiger partial charge in [-0.3, -0.25) is 4.79 Å². The largest absolute Gasteiger partial charge is 0.352 e. The van der Waals surface area contributed by atoms with E-state index in [0.29, 0.717) is 6.04 Å². The zero-order valence-electron chi connectivity index (χ0n) is 10.9. The van der Waals surface area contributed by atoms with Gasteiger partial charge in [0.15, 0.2) is 0 Å². The molecule has 2 bridgehead atoms. The van der Waals surface area contributed by atoms with Crippen molar-refractivity contribution in [1.82, 2.24) is 10.6 Å². The van der Waals surface area contributed by atoms with E-state index in [2.05, 4.69) is 17.6 Å². The summed E-state index contributed by atoms with van der Waals surface area (Å²) in [5, 5.41) is 6.53. The normalized spacial score (nSPS) is 43.3. The first-order valence-corrected chi connectivity index (χ1v) is 7.23. The molecule has 5 unspecified atom stereocenters. The van der Waals surface area contributed by atoms with Crippen LogP contribution in [0.5, 0.6) is 0 Å². The van der Waals surface area contributed by atoms with Crippen LogP contribution in [-0.4, -0.2) is 25.0 Å². The first-order chi connectivity index (χ1) is 8.22. The molecule has 3 rings (SSSR count). The molecule has 5 atom stereocenters. The Morgan fingerprint density at radius 3 is 2.53 bits per heavy atom. The number of nitrogens with one attached hydrogen (secondary N) is 2. The van der Waals surface area contributed by atoms with Crippen LogP contribution in [0, 0.1) is 29.6 Å². The average Bonchev–Trinajstić information content (AvgIpc) is 2.75. The Morgan fingerprint density at radius 2 is 1.94 bits per heavy atom. The maximum atomic E-state index is 12.0. The molecule has 3 aliphatic carbocycles. The summed E-state index contributed by atoms with van der Waals surface area (Å²) < 4.78 is 0. The molecule has 0 aliphatic heterocycles. The van der Waals surface area contributed by atoms with Gasteiger partial charge in [0.05, 0.1) is 0 Å². The molecular weight excluding hydrogens is 212 g/mol. The highest BCUT2D eigenvalue weighted by Gasteiger charge is 2.65. The molecule has 3 saturated carbocycles. The Morgan fingerprint density at radius 1 is 1.29 bits per heavy atom. The van der Waals surface area contributed by atoms with E-state index in [9.17, 15) is 4.79 Å². The van der Waals surface area contributed by atoms with Crippen LogP contribution in [0.1, 0.15) is 33.1 Å². The third-order valence-electron chi connectivity index (χ3n) is 5.19.